The molecule has 0 fully saturated rings. The number of fused-ring (bicyclic) bond motifs is 1. The predicted octanol–water partition coefficient (Wildman–Crippen LogP) is 0.924. The molecule has 0 aromatic carbocycles. The van der Waals surface area contributed by atoms with E-state index in [-0.39, 0.29) is 0 Å². The molecule has 0 amide bonds. The van der Waals surface area contributed by atoms with E-state index in [1.807, 2.05) is 0 Å². The molecule has 2 rings (SSSR count). The summed E-state index contributed by atoms with van der Waals surface area (Å²) in [5.74, 6) is 0. The SMILES string of the molecule is COCc1nnn2cnc(Cl)cc12. The molecule has 2 aromatic rings. The summed E-state index contributed by atoms with van der Waals surface area (Å²) < 4.78 is 6.51. The number of ether oxygens (including phenoxy) is 1. The van der Waals surface area contributed by atoms with Crippen LogP contribution in [-0.2, 0) is 11.3 Å². The normalized spacial score (nSPS) is 10.9. The maximum Gasteiger partial charge on any atom is 0.133 e. The number of halogens is 1. The summed E-state index contributed by atoms with van der Waals surface area (Å²) in [4.78, 5) is 3.87. The van der Waals surface area contributed by atoms with Crippen molar-refractivity contribution in [2.24, 2.45) is 0 Å². The average molecular weight is 199 g/mol. The summed E-state index contributed by atoms with van der Waals surface area (Å²) in [5, 5.41) is 8.18. The van der Waals surface area contributed by atoms with E-state index in [2.05, 4.69) is 15.3 Å². The molecule has 0 spiro atoms. The molecule has 0 aliphatic heterocycles. The largest absolute Gasteiger partial charge is 0.378 e. The van der Waals surface area contributed by atoms with Gasteiger partial charge in [-0.15, -0.1) is 5.10 Å². The predicted molar refractivity (Wildman–Crippen MR) is 46.5 cm³/mol. The van der Waals surface area contributed by atoms with E-state index in [0.29, 0.717) is 11.8 Å². The molecule has 0 saturated carbocycles. The molecule has 2 aromatic heterocycles. The maximum atomic E-state index is 5.73. The van der Waals surface area contributed by atoms with E-state index in [0.717, 1.165) is 11.2 Å². The lowest BCUT2D eigenvalue weighted by Crippen LogP contribution is -1.90. The van der Waals surface area contributed by atoms with Crippen molar-refractivity contribution in [1.29, 1.82) is 0 Å². The Morgan fingerprint density at radius 1 is 1.62 bits per heavy atom. The van der Waals surface area contributed by atoms with Crippen LogP contribution in [0.15, 0.2) is 12.4 Å². The molecule has 0 unspecified atom stereocenters. The minimum Gasteiger partial charge on any atom is -0.378 e. The number of rotatable bonds is 2. The van der Waals surface area contributed by atoms with Gasteiger partial charge in [0.25, 0.3) is 0 Å². The third-order valence-electron chi connectivity index (χ3n) is 1.63. The Morgan fingerprint density at radius 2 is 2.46 bits per heavy atom. The molecule has 0 aliphatic rings. The average Bonchev–Trinajstić information content (AvgIpc) is 2.49. The Labute approximate surface area is 79.3 Å². The van der Waals surface area contributed by atoms with Crippen LogP contribution in [0.1, 0.15) is 5.69 Å². The molecular weight excluding hydrogens is 192 g/mol. The minimum atomic E-state index is 0.420. The van der Waals surface area contributed by atoms with E-state index in [9.17, 15) is 0 Å². The molecule has 0 aliphatic carbocycles. The smallest absolute Gasteiger partial charge is 0.133 e. The Hall–Kier alpha value is -1.20. The van der Waals surface area contributed by atoms with Crippen molar-refractivity contribution in [2.45, 2.75) is 6.61 Å². The van der Waals surface area contributed by atoms with Crippen LogP contribution in [0.25, 0.3) is 5.52 Å². The Balaban J connectivity index is 2.58. The van der Waals surface area contributed by atoms with E-state index < -0.39 is 0 Å². The zero-order chi connectivity index (χ0) is 9.26. The van der Waals surface area contributed by atoms with Crippen molar-refractivity contribution < 1.29 is 4.74 Å². The van der Waals surface area contributed by atoms with Crippen LogP contribution in [0.3, 0.4) is 0 Å². The molecule has 0 atom stereocenters. The van der Waals surface area contributed by atoms with Crippen LogP contribution < -0.4 is 0 Å². The molecule has 68 valence electrons. The van der Waals surface area contributed by atoms with E-state index in [4.69, 9.17) is 16.3 Å². The molecule has 6 heteroatoms. The molecule has 2 heterocycles. The summed E-state index contributed by atoms with van der Waals surface area (Å²) >= 11 is 5.73. The molecule has 0 saturated heterocycles. The van der Waals surface area contributed by atoms with Gasteiger partial charge in [0.1, 0.15) is 17.2 Å². The van der Waals surface area contributed by atoms with Crippen molar-refractivity contribution in [1.82, 2.24) is 19.8 Å². The molecular formula is C7H7ClN4O. The van der Waals surface area contributed by atoms with Crippen LogP contribution in [0.5, 0.6) is 0 Å². The lowest BCUT2D eigenvalue weighted by atomic mass is 10.4. The highest BCUT2D eigenvalue weighted by molar-refractivity contribution is 6.29. The summed E-state index contributed by atoms with van der Waals surface area (Å²) in [7, 11) is 1.61. The van der Waals surface area contributed by atoms with E-state index in [1.165, 1.54) is 6.33 Å². The van der Waals surface area contributed by atoms with Crippen molar-refractivity contribution in [3.63, 3.8) is 0 Å². The van der Waals surface area contributed by atoms with Gasteiger partial charge in [-0.25, -0.2) is 9.50 Å². The topological polar surface area (TPSA) is 52.3 Å². The van der Waals surface area contributed by atoms with Gasteiger partial charge >= 0.3 is 0 Å². The second-order valence-corrected chi connectivity index (χ2v) is 2.90. The van der Waals surface area contributed by atoms with Crippen LogP contribution in [-0.4, -0.2) is 26.9 Å². The summed E-state index contributed by atoms with van der Waals surface area (Å²) in [6, 6.07) is 1.70. The van der Waals surface area contributed by atoms with Gasteiger partial charge in [-0.2, -0.15) is 0 Å². The highest BCUT2D eigenvalue weighted by Gasteiger charge is 2.05. The quantitative estimate of drug-likeness (QED) is 0.674. The van der Waals surface area contributed by atoms with Gasteiger partial charge in [-0.1, -0.05) is 16.8 Å². The second-order valence-electron chi connectivity index (χ2n) is 2.51. The van der Waals surface area contributed by atoms with Crippen molar-refractivity contribution >= 4 is 17.1 Å². The highest BCUT2D eigenvalue weighted by atomic mass is 35.5. The fourth-order valence-corrected chi connectivity index (χ4v) is 1.21. The minimum absolute atomic E-state index is 0.420. The van der Waals surface area contributed by atoms with Crippen LogP contribution in [0, 0.1) is 0 Å². The van der Waals surface area contributed by atoms with Gasteiger partial charge in [-0.05, 0) is 0 Å². The van der Waals surface area contributed by atoms with E-state index in [1.54, 1.807) is 17.7 Å². The van der Waals surface area contributed by atoms with Gasteiger partial charge in [0.05, 0.1) is 12.1 Å². The van der Waals surface area contributed by atoms with Gasteiger partial charge in [-0.3, -0.25) is 0 Å². The number of methoxy groups -OCH3 is 1. The zero-order valence-electron chi connectivity index (χ0n) is 6.94. The molecule has 0 radical (unpaired) electrons. The van der Waals surface area contributed by atoms with Crippen LogP contribution >= 0.6 is 11.6 Å². The lowest BCUT2D eigenvalue weighted by Gasteiger charge is -1.94. The monoisotopic (exact) mass is 198 g/mol. The van der Waals surface area contributed by atoms with Gasteiger partial charge < -0.3 is 4.74 Å². The standard InChI is InChI=1S/C7H7ClN4O/c1-13-3-5-6-2-7(8)9-4-12(6)11-10-5/h2,4H,3H2,1H3. The molecule has 0 N–H and O–H groups in total. The zero-order valence-corrected chi connectivity index (χ0v) is 7.69. The van der Waals surface area contributed by atoms with Crippen LogP contribution in [0.4, 0.5) is 0 Å². The van der Waals surface area contributed by atoms with Crippen molar-refractivity contribution in [2.75, 3.05) is 7.11 Å². The third-order valence-corrected chi connectivity index (χ3v) is 1.84. The first-order chi connectivity index (χ1) is 6.31. The second kappa shape index (κ2) is 3.27. The fourth-order valence-electron chi connectivity index (χ4n) is 1.07. The van der Waals surface area contributed by atoms with Crippen molar-refractivity contribution in [3.05, 3.63) is 23.2 Å². The molecule has 13 heavy (non-hydrogen) atoms. The van der Waals surface area contributed by atoms with Gasteiger partial charge in [0, 0.05) is 13.2 Å². The fraction of sp³-hybridized carbons (Fsp3) is 0.286. The van der Waals surface area contributed by atoms with Crippen LogP contribution in [0.2, 0.25) is 5.15 Å². The Morgan fingerprint density at radius 3 is 3.23 bits per heavy atom. The Bertz CT molecular complexity index is 427. The molecule has 0 bridgehead atoms. The number of hydrogen-bond donors (Lipinski definition) is 0. The molecule has 5 nitrogen and oxygen atoms in total. The number of aromatic nitrogens is 4. The van der Waals surface area contributed by atoms with Crippen molar-refractivity contribution in [3.8, 4) is 0 Å². The highest BCUT2D eigenvalue weighted by Crippen LogP contribution is 2.11. The van der Waals surface area contributed by atoms with Gasteiger partial charge in [0.15, 0.2) is 0 Å². The van der Waals surface area contributed by atoms with E-state index >= 15 is 0 Å². The summed E-state index contributed by atoms with van der Waals surface area (Å²) in [6.45, 7) is 0.420. The maximum absolute atomic E-state index is 5.73. The number of hydrogen-bond acceptors (Lipinski definition) is 4. The summed E-state index contributed by atoms with van der Waals surface area (Å²) in [6.07, 6.45) is 1.52. The first-order valence-corrected chi connectivity index (χ1v) is 4.03. The third kappa shape index (κ3) is 1.48. The lowest BCUT2D eigenvalue weighted by molar-refractivity contribution is 0.182. The first-order valence-electron chi connectivity index (χ1n) is 3.65. The Kier molecular flexibility index (Phi) is 2.12. The van der Waals surface area contributed by atoms with Gasteiger partial charge in [0.2, 0.25) is 0 Å². The number of nitrogens with zero attached hydrogens (tertiary/aromatic N) is 4. The first kappa shape index (κ1) is 8.40. The summed E-state index contributed by atoms with van der Waals surface area (Å²) in [5.41, 5.74) is 1.58.